The SMILES string of the molecule is COc1cccc(F)c1Oc1ccc(C(F)(F)F)cc1C(=O)NC1CCNC(=O)C1. The Balaban J connectivity index is 1.97. The van der Waals surface area contributed by atoms with Gasteiger partial charge in [-0.3, -0.25) is 9.59 Å². The van der Waals surface area contributed by atoms with Crippen LogP contribution < -0.4 is 20.1 Å². The maximum absolute atomic E-state index is 14.2. The molecule has 1 aliphatic heterocycles. The maximum Gasteiger partial charge on any atom is 0.416 e. The number of methoxy groups -OCH3 is 1. The largest absolute Gasteiger partial charge is 0.493 e. The average Bonchev–Trinajstić information content (AvgIpc) is 2.68. The molecule has 30 heavy (non-hydrogen) atoms. The van der Waals surface area contributed by atoms with Gasteiger partial charge in [-0.25, -0.2) is 4.39 Å². The van der Waals surface area contributed by atoms with E-state index < -0.39 is 35.1 Å². The summed E-state index contributed by atoms with van der Waals surface area (Å²) in [4.78, 5) is 24.2. The summed E-state index contributed by atoms with van der Waals surface area (Å²) in [7, 11) is 1.27. The smallest absolute Gasteiger partial charge is 0.416 e. The van der Waals surface area contributed by atoms with Gasteiger partial charge in [0.25, 0.3) is 5.91 Å². The lowest BCUT2D eigenvalue weighted by molar-refractivity contribution is -0.137. The van der Waals surface area contributed by atoms with E-state index in [4.69, 9.17) is 9.47 Å². The Morgan fingerprint density at radius 3 is 2.63 bits per heavy atom. The second kappa shape index (κ2) is 8.60. The number of carbonyl (C=O) groups is 2. The summed E-state index contributed by atoms with van der Waals surface area (Å²) in [5, 5.41) is 5.14. The molecule has 2 N–H and O–H groups in total. The summed E-state index contributed by atoms with van der Waals surface area (Å²) in [6.45, 7) is 0.335. The molecule has 0 bridgehead atoms. The quantitative estimate of drug-likeness (QED) is 0.716. The van der Waals surface area contributed by atoms with Crippen LogP contribution in [-0.4, -0.2) is 31.5 Å². The van der Waals surface area contributed by atoms with Crippen molar-refractivity contribution in [3.8, 4) is 17.2 Å². The van der Waals surface area contributed by atoms with Gasteiger partial charge in [-0.2, -0.15) is 13.2 Å². The number of nitrogens with one attached hydrogen (secondary N) is 2. The maximum atomic E-state index is 14.2. The highest BCUT2D eigenvalue weighted by Gasteiger charge is 2.33. The van der Waals surface area contributed by atoms with Gasteiger partial charge in [0.05, 0.1) is 18.2 Å². The lowest BCUT2D eigenvalue weighted by Crippen LogP contribution is -2.45. The summed E-state index contributed by atoms with van der Waals surface area (Å²) in [6, 6.07) is 5.61. The van der Waals surface area contributed by atoms with Crippen LogP contribution in [0.3, 0.4) is 0 Å². The van der Waals surface area contributed by atoms with E-state index in [0.29, 0.717) is 19.0 Å². The highest BCUT2D eigenvalue weighted by atomic mass is 19.4. The molecule has 2 aromatic carbocycles. The van der Waals surface area contributed by atoms with Gasteiger partial charge in [0, 0.05) is 19.0 Å². The number of benzene rings is 2. The lowest BCUT2D eigenvalue weighted by atomic mass is 10.0. The van der Waals surface area contributed by atoms with Gasteiger partial charge in [0.2, 0.25) is 11.7 Å². The van der Waals surface area contributed by atoms with E-state index in [9.17, 15) is 27.2 Å². The van der Waals surface area contributed by atoms with E-state index in [-0.39, 0.29) is 29.6 Å². The van der Waals surface area contributed by atoms with Crippen molar-refractivity contribution in [1.82, 2.24) is 10.6 Å². The molecular formula is C20H18F4N2O4. The molecule has 6 nitrogen and oxygen atoms in total. The second-order valence-corrected chi connectivity index (χ2v) is 6.60. The molecule has 0 spiro atoms. The molecule has 0 radical (unpaired) electrons. The van der Waals surface area contributed by atoms with E-state index in [0.717, 1.165) is 18.2 Å². The van der Waals surface area contributed by atoms with Crippen molar-refractivity contribution in [1.29, 1.82) is 0 Å². The summed E-state index contributed by atoms with van der Waals surface area (Å²) in [5.41, 5.74) is -1.51. The topological polar surface area (TPSA) is 76.7 Å². The lowest BCUT2D eigenvalue weighted by Gasteiger charge is -2.24. The van der Waals surface area contributed by atoms with Crippen LogP contribution in [0.4, 0.5) is 17.6 Å². The van der Waals surface area contributed by atoms with Crippen LogP contribution in [0.1, 0.15) is 28.8 Å². The minimum absolute atomic E-state index is 0.00201. The molecule has 0 aliphatic carbocycles. The number of alkyl halides is 3. The molecule has 1 unspecified atom stereocenters. The van der Waals surface area contributed by atoms with E-state index in [1.165, 1.54) is 19.2 Å². The van der Waals surface area contributed by atoms with Crippen LogP contribution in [0.5, 0.6) is 17.2 Å². The molecule has 2 aromatic rings. The number of para-hydroxylation sites is 1. The summed E-state index contributed by atoms with van der Waals surface area (Å²) >= 11 is 0. The van der Waals surface area contributed by atoms with Crippen LogP contribution in [0, 0.1) is 5.82 Å². The van der Waals surface area contributed by atoms with Gasteiger partial charge in [-0.15, -0.1) is 0 Å². The first-order valence-corrected chi connectivity index (χ1v) is 8.98. The Hall–Kier alpha value is -3.30. The third-order valence-corrected chi connectivity index (χ3v) is 4.50. The van der Waals surface area contributed by atoms with Crippen molar-refractivity contribution in [3.05, 3.63) is 53.3 Å². The van der Waals surface area contributed by atoms with Gasteiger partial charge >= 0.3 is 6.18 Å². The Labute approximate surface area is 169 Å². The van der Waals surface area contributed by atoms with Crippen LogP contribution in [0.2, 0.25) is 0 Å². The van der Waals surface area contributed by atoms with E-state index in [1.807, 2.05) is 0 Å². The van der Waals surface area contributed by atoms with Crippen LogP contribution in [0.15, 0.2) is 36.4 Å². The average molecular weight is 426 g/mol. The number of rotatable bonds is 5. The standard InChI is InChI=1S/C20H18F4N2O4/c1-29-16-4-2-3-14(21)18(16)30-15-6-5-11(20(22,23)24)9-13(15)19(28)26-12-7-8-25-17(27)10-12/h2-6,9,12H,7-8,10H2,1H3,(H,25,27)(H,26,28). The molecule has 1 heterocycles. The molecule has 160 valence electrons. The predicted octanol–water partition coefficient (Wildman–Crippen LogP) is 3.65. The fourth-order valence-electron chi connectivity index (χ4n) is 3.00. The third-order valence-electron chi connectivity index (χ3n) is 4.50. The predicted molar refractivity (Wildman–Crippen MR) is 98.0 cm³/mol. The van der Waals surface area contributed by atoms with Gasteiger partial charge in [0.1, 0.15) is 5.75 Å². The number of hydrogen-bond donors (Lipinski definition) is 2. The first kappa shape index (κ1) is 21.4. The number of hydrogen-bond acceptors (Lipinski definition) is 4. The van der Waals surface area contributed by atoms with Crippen LogP contribution in [-0.2, 0) is 11.0 Å². The summed E-state index contributed by atoms with van der Waals surface area (Å²) in [6.07, 6.45) is -4.27. The van der Waals surface area contributed by atoms with Crippen molar-refractivity contribution >= 4 is 11.8 Å². The normalized spacial score (nSPS) is 16.6. The molecule has 2 amide bonds. The van der Waals surface area contributed by atoms with Crippen molar-refractivity contribution in [2.75, 3.05) is 13.7 Å². The molecule has 1 atom stereocenters. The first-order valence-electron chi connectivity index (χ1n) is 8.98. The summed E-state index contributed by atoms with van der Waals surface area (Å²) < 4.78 is 64.2. The van der Waals surface area contributed by atoms with Gasteiger partial charge in [-0.1, -0.05) is 6.07 Å². The number of halogens is 4. The fourth-order valence-corrected chi connectivity index (χ4v) is 3.00. The van der Waals surface area contributed by atoms with Crippen LogP contribution in [0.25, 0.3) is 0 Å². The van der Waals surface area contributed by atoms with Gasteiger partial charge in [-0.05, 0) is 36.8 Å². The molecule has 1 aliphatic rings. The zero-order valence-corrected chi connectivity index (χ0v) is 15.8. The Morgan fingerprint density at radius 1 is 1.20 bits per heavy atom. The molecule has 0 saturated carbocycles. The third kappa shape index (κ3) is 4.81. The van der Waals surface area contributed by atoms with Gasteiger partial charge in [0.15, 0.2) is 11.6 Å². The van der Waals surface area contributed by atoms with Crippen LogP contribution >= 0.6 is 0 Å². The number of piperidine rings is 1. The minimum Gasteiger partial charge on any atom is -0.493 e. The second-order valence-electron chi connectivity index (χ2n) is 6.60. The molecule has 10 heteroatoms. The highest BCUT2D eigenvalue weighted by molar-refractivity contribution is 5.97. The zero-order chi connectivity index (χ0) is 21.9. The van der Waals surface area contributed by atoms with Crippen molar-refractivity contribution in [2.45, 2.75) is 25.1 Å². The van der Waals surface area contributed by atoms with E-state index in [1.54, 1.807) is 0 Å². The minimum atomic E-state index is -4.70. The first-order chi connectivity index (χ1) is 14.2. The highest BCUT2D eigenvalue weighted by Crippen LogP contribution is 2.38. The zero-order valence-electron chi connectivity index (χ0n) is 15.8. The Kier molecular flexibility index (Phi) is 6.14. The Bertz CT molecular complexity index is 962. The van der Waals surface area contributed by atoms with E-state index >= 15 is 0 Å². The Morgan fingerprint density at radius 2 is 1.97 bits per heavy atom. The number of ether oxygens (including phenoxy) is 2. The molecular weight excluding hydrogens is 408 g/mol. The fraction of sp³-hybridized carbons (Fsp3) is 0.300. The molecule has 1 fully saturated rings. The monoisotopic (exact) mass is 426 g/mol. The van der Waals surface area contributed by atoms with Gasteiger partial charge < -0.3 is 20.1 Å². The van der Waals surface area contributed by atoms with E-state index in [2.05, 4.69) is 10.6 Å². The number of amides is 2. The summed E-state index contributed by atoms with van der Waals surface area (Å²) in [5.74, 6) is -2.61. The molecule has 0 aromatic heterocycles. The van der Waals surface area contributed by atoms with Crippen molar-refractivity contribution < 1.29 is 36.6 Å². The molecule has 3 rings (SSSR count). The van der Waals surface area contributed by atoms with Crippen molar-refractivity contribution in [2.24, 2.45) is 0 Å². The number of carbonyl (C=O) groups excluding carboxylic acids is 2. The molecule has 1 saturated heterocycles. The van der Waals surface area contributed by atoms with Crippen molar-refractivity contribution in [3.63, 3.8) is 0 Å².